The Bertz CT molecular complexity index is 812. The molecule has 116 valence electrons. The molecule has 0 aliphatic heterocycles. The number of nitrogens with zero attached hydrogens (tertiary/aromatic N) is 3. The maximum atomic E-state index is 12.7. The Kier molecular flexibility index (Phi) is 4.19. The number of hydrogen-bond acceptors (Lipinski definition) is 4. The fourth-order valence-corrected chi connectivity index (χ4v) is 2.36. The largest absolute Gasteiger partial charge is 0.412 e. The molecular weight excluding hydrogens is 290 g/mol. The lowest BCUT2D eigenvalue weighted by atomic mass is 10.2. The van der Waals surface area contributed by atoms with Crippen molar-refractivity contribution in [3.05, 3.63) is 66.1 Å². The van der Waals surface area contributed by atoms with E-state index in [1.165, 1.54) is 0 Å². The summed E-state index contributed by atoms with van der Waals surface area (Å²) in [6, 6.07) is 17.1. The Morgan fingerprint density at radius 1 is 1.09 bits per heavy atom. The van der Waals surface area contributed by atoms with Crippen LogP contribution in [0, 0.1) is 6.92 Å². The Morgan fingerprint density at radius 2 is 1.87 bits per heavy atom. The SMILES string of the molecule is CCN(C(=O)c1nnc(-c2ccccc2)o1)c1cccc(C)c1. The highest BCUT2D eigenvalue weighted by atomic mass is 16.4. The van der Waals surface area contributed by atoms with Crippen LogP contribution in [0.15, 0.2) is 59.0 Å². The second-order valence-electron chi connectivity index (χ2n) is 5.17. The van der Waals surface area contributed by atoms with E-state index in [0.717, 1.165) is 16.8 Å². The topological polar surface area (TPSA) is 59.2 Å². The van der Waals surface area contributed by atoms with Crippen molar-refractivity contribution in [1.29, 1.82) is 0 Å². The van der Waals surface area contributed by atoms with E-state index in [1.54, 1.807) is 4.90 Å². The first-order valence-electron chi connectivity index (χ1n) is 7.46. The molecule has 0 fully saturated rings. The average Bonchev–Trinajstić information content (AvgIpc) is 3.06. The van der Waals surface area contributed by atoms with Crippen LogP contribution in [0.3, 0.4) is 0 Å². The predicted octanol–water partition coefficient (Wildman–Crippen LogP) is 3.71. The van der Waals surface area contributed by atoms with Crippen LogP contribution < -0.4 is 4.90 Å². The van der Waals surface area contributed by atoms with Gasteiger partial charge >= 0.3 is 11.8 Å². The van der Waals surface area contributed by atoms with Crippen LogP contribution >= 0.6 is 0 Å². The highest BCUT2D eigenvalue weighted by Gasteiger charge is 2.22. The Balaban J connectivity index is 1.89. The number of benzene rings is 2. The van der Waals surface area contributed by atoms with Crippen LogP contribution in [0.1, 0.15) is 23.2 Å². The van der Waals surface area contributed by atoms with Gasteiger partial charge in [-0.15, -0.1) is 10.2 Å². The Labute approximate surface area is 134 Å². The van der Waals surface area contributed by atoms with E-state index in [4.69, 9.17) is 4.42 Å². The molecule has 0 atom stereocenters. The van der Waals surface area contributed by atoms with Gasteiger partial charge in [-0.05, 0) is 43.7 Å². The molecule has 0 radical (unpaired) electrons. The van der Waals surface area contributed by atoms with Crippen LogP contribution in [-0.2, 0) is 0 Å². The van der Waals surface area contributed by atoms with E-state index in [9.17, 15) is 4.79 Å². The second-order valence-corrected chi connectivity index (χ2v) is 5.17. The molecule has 0 saturated carbocycles. The van der Waals surface area contributed by atoms with Crippen molar-refractivity contribution in [3.63, 3.8) is 0 Å². The van der Waals surface area contributed by atoms with Gasteiger partial charge in [-0.2, -0.15) is 0 Å². The minimum absolute atomic E-state index is 0.00721. The minimum atomic E-state index is -0.298. The summed E-state index contributed by atoms with van der Waals surface area (Å²) < 4.78 is 5.55. The molecule has 0 N–H and O–H groups in total. The fourth-order valence-electron chi connectivity index (χ4n) is 2.36. The van der Waals surface area contributed by atoms with Gasteiger partial charge in [0, 0.05) is 17.8 Å². The number of hydrogen-bond donors (Lipinski definition) is 0. The van der Waals surface area contributed by atoms with Crippen molar-refractivity contribution in [3.8, 4) is 11.5 Å². The number of aryl methyl sites for hydroxylation is 1. The first-order chi connectivity index (χ1) is 11.2. The van der Waals surface area contributed by atoms with Gasteiger partial charge in [0.15, 0.2) is 0 Å². The third kappa shape index (κ3) is 3.13. The fraction of sp³-hybridized carbons (Fsp3) is 0.167. The van der Waals surface area contributed by atoms with Crippen molar-refractivity contribution in [2.24, 2.45) is 0 Å². The molecule has 0 aliphatic rings. The monoisotopic (exact) mass is 307 g/mol. The molecule has 5 heteroatoms. The number of carbonyl (C=O) groups excluding carboxylic acids is 1. The number of amides is 1. The second kappa shape index (κ2) is 6.44. The zero-order valence-electron chi connectivity index (χ0n) is 13.1. The summed E-state index contributed by atoms with van der Waals surface area (Å²) in [6.45, 7) is 4.42. The first kappa shape index (κ1) is 15.0. The standard InChI is InChI=1S/C18H17N3O2/c1-3-21(15-11-7-8-13(2)12-15)18(22)17-20-19-16(23-17)14-9-5-4-6-10-14/h4-12H,3H2,1-2H3. The van der Waals surface area contributed by atoms with E-state index in [0.29, 0.717) is 12.4 Å². The molecule has 1 aromatic heterocycles. The minimum Gasteiger partial charge on any atom is -0.412 e. The normalized spacial score (nSPS) is 10.5. The van der Waals surface area contributed by atoms with Crippen molar-refractivity contribution in [2.45, 2.75) is 13.8 Å². The highest BCUT2D eigenvalue weighted by Crippen LogP contribution is 2.21. The molecule has 1 amide bonds. The van der Waals surface area contributed by atoms with Crippen molar-refractivity contribution in [1.82, 2.24) is 10.2 Å². The molecule has 5 nitrogen and oxygen atoms in total. The molecule has 3 aromatic rings. The quantitative estimate of drug-likeness (QED) is 0.737. The van der Waals surface area contributed by atoms with Crippen molar-refractivity contribution >= 4 is 11.6 Å². The van der Waals surface area contributed by atoms with Gasteiger partial charge in [-0.3, -0.25) is 4.79 Å². The van der Waals surface area contributed by atoms with Gasteiger partial charge in [0.05, 0.1) is 0 Å². The summed E-state index contributed by atoms with van der Waals surface area (Å²) in [7, 11) is 0. The first-order valence-corrected chi connectivity index (χ1v) is 7.46. The van der Waals surface area contributed by atoms with Gasteiger partial charge < -0.3 is 9.32 Å². The molecule has 0 bridgehead atoms. The van der Waals surface area contributed by atoms with Crippen LogP contribution in [0.2, 0.25) is 0 Å². The third-order valence-corrected chi connectivity index (χ3v) is 3.50. The highest BCUT2D eigenvalue weighted by molar-refractivity contribution is 6.03. The summed E-state index contributed by atoms with van der Waals surface area (Å²) >= 11 is 0. The molecule has 2 aromatic carbocycles. The summed E-state index contributed by atoms with van der Waals surface area (Å²) in [5, 5.41) is 7.87. The lowest BCUT2D eigenvalue weighted by molar-refractivity contribution is 0.0955. The van der Waals surface area contributed by atoms with Crippen molar-refractivity contribution < 1.29 is 9.21 Å². The summed E-state index contributed by atoms with van der Waals surface area (Å²) in [5.74, 6) is 0.0363. The average molecular weight is 307 g/mol. The molecule has 3 rings (SSSR count). The van der Waals surface area contributed by atoms with Crippen LogP contribution in [0.4, 0.5) is 5.69 Å². The third-order valence-electron chi connectivity index (χ3n) is 3.50. The Hall–Kier alpha value is -2.95. The zero-order chi connectivity index (χ0) is 16.2. The summed E-state index contributed by atoms with van der Waals surface area (Å²) in [5.41, 5.74) is 2.69. The number of rotatable bonds is 4. The van der Waals surface area contributed by atoms with E-state index in [2.05, 4.69) is 10.2 Å². The molecule has 0 aliphatic carbocycles. The molecule has 0 unspecified atom stereocenters. The van der Waals surface area contributed by atoms with Gasteiger partial charge in [-0.1, -0.05) is 30.3 Å². The lowest BCUT2D eigenvalue weighted by Gasteiger charge is -2.19. The number of anilines is 1. The maximum Gasteiger partial charge on any atom is 0.315 e. The van der Waals surface area contributed by atoms with E-state index < -0.39 is 0 Å². The van der Waals surface area contributed by atoms with Gasteiger partial charge in [0.25, 0.3) is 0 Å². The van der Waals surface area contributed by atoms with Crippen LogP contribution in [0.25, 0.3) is 11.5 Å². The van der Waals surface area contributed by atoms with Crippen molar-refractivity contribution in [2.75, 3.05) is 11.4 Å². The number of carbonyl (C=O) groups is 1. The smallest absolute Gasteiger partial charge is 0.315 e. The zero-order valence-corrected chi connectivity index (χ0v) is 13.1. The van der Waals surface area contributed by atoms with Gasteiger partial charge in [0.1, 0.15) is 0 Å². The van der Waals surface area contributed by atoms with Gasteiger partial charge in [-0.25, -0.2) is 0 Å². The van der Waals surface area contributed by atoms with E-state index in [-0.39, 0.29) is 11.8 Å². The molecule has 0 saturated heterocycles. The number of aromatic nitrogens is 2. The summed E-state index contributed by atoms with van der Waals surface area (Å²) in [4.78, 5) is 14.3. The van der Waals surface area contributed by atoms with E-state index >= 15 is 0 Å². The summed E-state index contributed by atoms with van der Waals surface area (Å²) in [6.07, 6.45) is 0. The van der Waals surface area contributed by atoms with Crippen LogP contribution in [-0.4, -0.2) is 22.6 Å². The maximum absolute atomic E-state index is 12.7. The lowest BCUT2D eigenvalue weighted by Crippen LogP contribution is -2.30. The Morgan fingerprint density at radius 3 is 2.57 bits per heavy atom. The van der Waals surface area contributed by atoms with Crippen LogP contribution in [0.5, 0.6) is 0 Å². The molecular formula is C18H17N3O2. The molecule has 23 heavy (non-hydrogen) atoms. The predicted molar refractivity (Wildman–Crippen MR) is 88.3 cm³/mol. The van der Waals surface area contributed by atoms with Gasteiger partial charge in [0.2, 0.25) is 5.89 Å². The molecule has 1 heterocycles. The van der Waals surface area contributed by atoms with E-state index in [1.807, 2.05) is 68.4 Å². The molecule has 0 spiro atoms.